The molecule has 0 saturated heterocycles. The molecule has 1 fully saturated rings. The number of fused-ring (bicyclic) bond motifs is 2. The molecule has 2 aliphatic rings. The van der Waals surface area contributed by atoms with Crippen LogP contribution in [0.2, 0.25) is 0 Å². The molecule has 7 nitrogen and oxygen atoms in total. The van der Waals surface area contributed by atoms with E-state index in [2.05, 4.69) is 40.5 Å². The molecule has 3 heterocycles. The number of hydrogen-bond donors (Lipinski definition) is 2. The Bertz CT molecular complexity index is 1180. The number of aromatic nitrogens is 3. The lowest BCUT2D eigenvalue weighted by Crippen LogP contribution is -2.35. The number of nitriles is 1. The number of hydrogen-bond acceptors (Lipinski definition) is 5. The lowest BCUT2D eigenvalue weighted by molar-refractivity contribution is 0.252. The molecule has 2 N–H and O–H groups in total. The van der Waals surface area contributed by atoms with E-state index < -0.39 is 5.54 Å². The third-order valence-corrected chi connectivity index (χ3v) is 6.25. The maximum Gasteiger partial charge on any atom is 0.261 e. The minimum absolute atomic E-state index is 0.193. The molecule has 29 heavy (non-hydrogen) atoms. The summed E-state index contributed by atoms with van der Waals surface area (Å²) in [5.74, 6) is 0.508. The minimum Gasteiger partial charge on any atom is -0.338 e. The van der Waals surface area contributed by atoms with Gasteiger partial charge in [-0.05, 0) is 62.1 Å². The van der Waals surface area contributed by atoms with Gasteiger partial charge in [0.1, 0.15) is 10.9 Å². The quantitative estimate of drug-likeness (QED) is 0.716. The average molecular weight is 388 g/mol. The van der Waals surface area contributed by atoms with Crippen LogP contribution in [0, 0.1) is 11.3 Å². The van der Waals surface area contributed by atoms with Crippen molar-refractivity contribution in [1.29, 1.82) is 5.26 Å². The van der Waals surface area contributed by atoms with Crippen molar-refractivity contribution in [2.45, 2.75) is 50.7 Å². The second-order valence-electron chi connectivity index (χ2n) is 8.31. The summed E-state index contributed by atoms with van der Waals surface area (Å²) in [4.78, 5) is 17.7. The number of pyridine rings is 1. The van der Waals surface area contributed by atoms with Gasteiger partial charge in [-0.2, -0.15) is 10.4 Å². The molecule has 5 rings (SSSR count). The molecule has 3 aromatic rings. The molecule has 0 unspecified atom stereocenters. The minimum atomic E-state index is -0.690. The van der Waals surface area contributed by atoms with Gasteiger partial charge < -0.3 is 10.3 Å². The van der Waals surface area contributed by atoms with Crippen LogP contribution in [0.15, 0.2) is 35.3 Å². The predicted octanol–water partition coefficient (Wildman–Crippen LogP) is 3.60. The summed E-state index contributed by atoms with van der Waals surface area (Å²) in [5, 5.41) is 18.7. The Morgan fingerprint density at radius 3 is 2.76 bits per heavy atom. The van der Waals surface area contributed by atoms with Gasteiger partial charge in [-0.25, -0.2) is 4.68 Å². The number of anilines is 2. The first-order chi connectivity index (χ1) is 14.1. The van der Waals surface area contributed by atoms with Crippen LogP contribution in [0.1, 0.15) is 43.2 Å². The number of benzene rings is 1. The summed E-state index contributed by atoms with van der Waals surface area (Å²) in [5.41, 5.74) is 3.35. The molecule has 0 spiro atoms. The monoisotopic (exact) mass is 388 g/mol. The predicted molar refractivity (Wildman–Crippen MR) is 112 cm³/mol. The Hall–Kier alpha value is -3.11. The summed E-state index contributed by atoms with van der Waals surface area (Å²) in [6, 6.07) is 10.6. The van der Waals surface area contributed by atoms with Gasteiger partial charge in [0, 0.05) is 25.0 Å². The van der Waals surface area contributed by atoms with Crippen LogP contribution < -0.4 is 10.9 Å². The molecular weight excluding hydrogens is 364 g/mol. The molecule has 1 aromatic carbocycles. The van der Waals surface area contributed by atoms with E-state index in [1.165, 1.54) is 11.1 Å². The number of aromatic amines is 1. The summed E-state index contributed by atoms with van der Waals surface area (Å²) in [7, 11) is 2.10. The first kappa shape index (κ1) is 18.0. The molecular formula is C22H24N6O. The van der Waals surface area contributed by atoms with Crippen molar-refractivity contribution in [1.82, 2.24) is 19.7 Å². The van der Waals surface area contributed by atoms with E-state index in [-0.39, 0.29) is 5.56 Å². The fraction of sp³-hybridized carbons (Fsp3) is 0.409. The fourth-order valence-corrected chi connectivity index (χ4v) is 4.78. The van der Waals surface area contributed by atoms with Gasteiger partial charge in [0.2, 0.25) is 0 Å². The van der Waals surface area contributed by atoms with E-state index in [0.717, 1.165) is 50.9 Å². The van der Waals surface area contributed by atoms with Crippen molar-refractivity contribution >= 4 is 22.4 Å². The van der Waals surface area contributed by atoms with Crippen molar-refractivity contribution in [2.75, 3.05) is 12.4 Å². The van der Waals surface area contributed by atoms with Crippen molar-refractivity contribution in [2.24, 2.45) is 0 Å². The summed E-state index contributed by atoms with van der Waals surface area (Å²) >= 11 is 0. The largest absolute Gasteiger partial charge is 0.338 e. The van der Waals surface area contributed by atoms with E-state index in [4.69, 9.17) is 5.10 Å². The van der Waals surface area contributed by atoms with Gasteiger partial charge in [-0.1, -0.05) is 12.5 Å². The number of nitrogens with one attached hydrogen (secondary N) is 2. The number of H-pyrrole nitrogens is 1. The van der Waals surface area contributed by atoms with Crippen LogP contribution >= 0.6 is 0 Å². The maximum absolute atomic E-state index is 12.7. The maximum atomic E-state index is 12.7. The van der Waals surface area contributed by atoms with E-state index in [1.54, 1.807) is 10.9 Å². The van der Waals surface area contributed by atoms with Gasteiger partial charge >= 0.3 is 0 Å². The Morgan fingerprint density at radius 2 is 1.97 bits per heavy atom. The molecule has 2 aromatic heterocycles. The highest BCUT2D eigenvalue weighted by atomic mass is 16.1. The van der Waals surface area contributed by atoms with Gasteiger partial charge in [0.25, 0.3) is 5.56 Å². The van der Waals surface area contributed by atoms with Crippen molar-refractivity contribution in [3.8, 4) is 6.07 Å². The van der Waals surface area contributed by atoms with Gasteiger partial charge in [-0.15, -0.1) is 0 Å². The molecule has 7 heteroatoms. The number of rotatable bonds is 3. The Balaban J connectivity index is 1.61. The summed E-state index contributed by atoms with van der Waals surface area (Å²) in [6.07, 6.45) is 6.29. The van der Waals surface area contributed by atoms with E-state index >= 15 is 0 Å². The molecule has 1 saturated carbocycles. The number of nitrogens with zero attached hydrogens (tertiary/aromatic N) is 4. The zero-order valence-electron chi connectivity index (χ0n) is 16.5. The van der Waals surface area contributed by atoms with Gasteiger partial charge in [0.15, 0.2) is 5.82 Å². The van der Waals surface area contributed by atoms with E-state index in [9.17, 15) is 10.1 Å². The van der Waals surface area contributed by atoms with Crippen LogP contribution in [-0.2, 0) is 18.6 Å². The lowest BCUT2D eigenvalue weighted by atomic mass is 9.83. The normalized spacial score (nSPS) is 18.5. The molecule has 1 aliphatic heterocycles. The van der Waals surface area contributed by atoms with Gasteiger partial charge in [0.05, 0.1) is 11.6 Å². The van der Waals surface area contributed by atoms with Crippen LogP contribution in [0.5, 0.6) is 0 Å². The zero-order valence-corrected chi connectivity index (χ0v) is 16.5. The third-order valence-electron chi connectivity index (χ3n) is 6.25. The third kappa shape index (κ3) is 2.91. The molecule has 0 atom stereocenters. The van der Waals surface area contributed by atoms with Crippen molar-refractivity contribution < 1.29 is 0 Å². The highest BCUT2D eigenvalue weighted by Crippen LogP contribution is 2.38. The molecule has 148 valence electrons. The molecule has 1 aliphatic carbocycles. The topological polar surface area (TPSA) is 89.7 Å². The van der Waals surface area contributed by atoms with Crippen molar-refractivity contribution in [3.63, 3.8) is 0 Å². The second kappa shape index (κ2) is 6.75. The highest BCUT2D eigenvalue weighted by molar-refractivity contribution is 5.91. The molecule has 0 amide bonds. The van der Waals surface area contributed by atoms with Crippen LogP contribution in [-0.4, -0.2) is 26.7 Å². The lowest BCUT2D eigenvalue weighted by Gasteiger charge is -2.31. The fourth-order valence-electron chi connectivity index (χ4n) is 4.78. The van der Waals surface area contributed by atoms with Crippen LogP contribution in [0.3, 0.4) is 0 Å². The Morgan fingerprint density at radius 1 is 1.17 bits per heavy atom. The second-order valence-corrected chi connectivity index (χ2v) is 8.31. The first-order valence-corrected chi connectivity index (χ1v) is 10.2. The zero-order chi connectivity index (χ0) is 20.0. The van der Waals surface area contributed by atoms with Crippen molar-refractivity contribution in [3.05, 3.63) is 51.9 Å². The molecule has 0 radical (unpaired) electrons. The Labute approximate surface area is 168 Å². The standard InChI is InChI=1S/C22H24N6O/c1-27-12-15-5-6-17(11-16(15)13-27)25-20-19-18(7-10-24-21(19)29)28(26-20)22(14-23)8-3-2-4-9-22/h5-7,10-11H,2-4,8-9,12-13H2,1H3,(H,24,29)(H,25,26). The summed E-state index contributed by atoms with van der Waals surface area (Å²) in [6.45, 7) is 1.87. The Kier molecular flexibility index (Phi) is 4.18. The highest BCUT2D eigenvalue weighted by Gasteiger charge is 2.37. The van der Waals surface area contributed by atoms with Crippen LogP contribution in [0.25, 0.3) is 10.9 Å². The smallest absolute Gasteiger partial charge is 0.261 e. The first-order valence-electron chi connectivity index (χ1n) is 10.2. The molecule has 0 bridgehead atoms. The van der Waals surface area contributed by atoms with Crippen LogP contribution in [0.4, 0.5) is 11.5 Å². The van der Waals surface area contributed by atoms with E-state index in [0.29, 0.717) is 16.7 Å². The van der Waals surface area contributed by atoms with E-state index in [1.807, 2.05) is 12.1 Å². The SMILES string of the molecule is CN1Cc2ccc(Nc3nn(C4(C#N)CCCCC4)c4cc[nH]c(=O)c34)cc2C1. The van der Waals surface area contributed by atoms with Gasteiger partial charge in [-0.3, -0.25) is 9.69 Å². The summed E-state index contributed by atoms with van der Waals surface area (Å²) < 4.78 is 1.79. The average Bonchev–Trinajstić information content (AvgIpc) is 3.29.